The number of hydrogen-bond donors (Lipinski definition) is 2. The lowest BCUT2D eigenvalue weighted by Crippen LogP contribution is -2.27. The van der Waals surface area contributed by atoms with Gasteiger partial charge in [-0.2, -0.15) is 0 Å². The van der Waals surface area contributed by atoms with Crippen molar-refractivity contribution in [3.8, 4) is 5.75 Å². The molecule has 160 valence electrons. The van der Waals surface area contributed by atoms with Crippen molar-refractivity contribution in [1.82, 2.24) is 0 Å². The number of nitrogen functional groups attached to an aromatic ring is 1. The molecule has 0 fully saturated rings. The van der Waals surface area contributed by atoms with Crippen LogP contribution in [0.25, 0.3) is 0 Å². The highest BCUT2D eigenvalue weighted by Gasteiger charge is 2.18. The average Bonchev–Trinajstić information content (AvgIpc) is 2.71. The third-order valence-corrected chi connectivity index (χ3v) is 4.24. The van der Waals surface area contributed by atoms with Gasteiger partial charge in [0.1, 0.15) is 12.4 Å². The largest absolute Gasteiger partial charge is 0.495 e. The number of nitrogens with one attached hydrogen (secondary N) is 1. The fraction of sp³-hybridized carbons (Fsp3) is 0.318. The summed E-state index contributed by atoms with van der Waals surface area (Å²) in [6.07, 6.45) is 0.0725. The third kappa shape index (κ3) is 6.80. The molecule has 8 nitrogen and oxygen atoms in total. The topological polar surface area (TPSA) is 111 Å². The van der Waals surface area contributed by atoms with E-state index in [1.807, 2.05) is 35.2 Å². The van der Waals surface area contributed by atoms with Crippen LogP contribution in [0, 0.1) is 0 Å². The van der Waals surface area contributed by atoms with Crippen molar-refractivity contribution < 1.29 is 23.9 Å². The molecule has 2 rings (SSSR count). The quantitative estimate of drug-likeness (QED) is 0.455. The predicted octanol–water partition coefficient (Wildman–Crippen LogP) is 2.76. The maximum atomic E-state index is 12.0. The van der Waals surface area contributed by atoms with Crippen molar-refractivity contribution in [1.29, 1.82) is 0 Å². The average molecular weight is 413 g/mol. The van der Waals surface area contributed by atoms with Gasteiger partial charge in [0.05, 0.1) is 30.6 Å². The van der Waals surface area contributed by atoms with E-state index in [-0.39, 0.29) is 24.7 Å². The number of ether oxygens (including phenoxy) is 2. The molecule has 0 aliphatic rings. The third-order valence-electron chi connectivity index (χ3n) is 4.24. The van der Waals surface area contributed by atoms with E-state index in [1.54, 1.807) is 12.1 Å². The number of carbonyl (C=O) groups is 3. The summed E-state index contributed by atoms with van der Waals surface area (Å²) in [5.74, 6) is -0.431. The molecule has 0 unspecified atom stereocenters. The Balaban J connectivity index is 2.33. The first kappa shape index (κ1) is 22.7. The molecular weight excluding hydrogens is 386 g/mol. The molecule has 0 aliphatic carbocycles. The lowest BCUT2D eigenvalue weighted by Gasteiger charge is -2.27. The molecule has 0 radical (unpaired) electrons. The first-order valence-corrected chi connectivity index (χ1v) is 9.49. The van der Waals surface area contributed by atoms with Crippen molar-refractivity contribution in [2.24, 2.45) is 0 Å². The number of methoxy groups -OCH3 is 1. The van der Waals surface area contributed by atoms with E-state index in [1.165, 1.54) is 21.0 Å². The van der Waals surface area contributed by atoms with E-state index in [2.05, 4.69) is 5.32 Å². The summed E-state index contributed by atoms with van der Waals surface area (Å²) in [7, 11) is 1.53. The van der Waals surface area contributed by atoms with Crippen LogP contribution in [0.2, 0.25) is 0 Å². The van der Waals surface area contributed by atoms with Gasteiger partial charge in [0, 0.05) is 26.1 Å². The van der Waals surface area contributed by atoms with E-state index in [4.69, 9.17) is 15.2 Å². The number of esters is 1. The smallest absolute Gasteiger partial charge is 0.308 e. The highest BCUT2D eigenvalue weighted by Crippen LogP contribution is 2.36. The molecule has 0 spiro atoms. The summed E-state index contributed by atoms with van der Waals surface area (Å²) < 4.78 is 10.5. The molecule has 0 saturated carbocycles. The van der Waals surface area contributed by atoms with Gasteiger partial charge in [0.15, 0.2) is 5.78 Å². The van der Waals surface area contributed by atoms with Crippen LogP contribution in [0.3, 0.4) is 0 Å². The molecule has 30 heavy (non-hydrogen) atoms. The van der Waals surface area contributed by atoms with Crippen LogP contribution in [-0.4, -0.2) is 37.9 Å². The molecule has 3 N–H and O–H groups in total. The van der Waals surface area contributed by atoms with Crippen LogP contribution in [0.15, 0.2) is 42.5 Å². The van der Waals surface area contributed by atoms with Gasteiger partial charge in [-0.15, -0.1) is 0 Å². The SMILES string of the molecule is COc1cc(N)c(NC(C)=O)cc1N(CCC(=O)OCC(C)=O)Cc1ccccc1. The molecule has 0 heterocycles. The molecule has 0 saturated heterocycles. The number of nitrogens with two attached hydrogens (primary N) is 1. The molecule has 0 bridgehead atoms. The minimum Gasteiger partial charge on any atom is -0.495 e. The van der Waals surface area contributed by atoms with Gasteiger partial charge in [-0.05, 0) is 18.6 Å². The summed E-state index contributed by atoms with van der Waals surface area (Å²) in [5, 5.41) is 2.71. The standard InChI is InChI=1S/C22H27N3O5/c1-15(26)14-30-22(28)9-10-25(13-17-7-5-4-6-8-17)20-12-19(24-16(2)27)18(23)11-21(20)29-3/h4-8,11-12H,9-10,13-14,23H2,1-3H3,(H,24,27). The Bertz CT molecular complexity index is 899. The Morgan fingerprint density at radius 1 is 1.10 bits per heavy atom. The number of ketones is 1. The van der Waals surface area contributed by atoms with Crippen LogP contribution in [0.4, 0.5) is 17.1 Å². The number of Topliss-reactive ketones (excluding diaryl/α,β-unsaturated/α-hetero) is 1. The summed E-state index contributed by atoms with van der Waals surface area (Å²) >= 11 is 0. The number of anilines is 3. The summed E-state index contributed by atoms with van der Waals surface area (Å²) in [6, 6.07) is 13.1. The van der Waals surface area contributed by atoms with Crippen LogP contribution in [-0.2, 0) is 25.7 Å². The number of hydrogen-bond acceptors (Lipinski definition) is 7. The molecule has 1 amide bonds. The number of amides is 1. The maximum absolute atomic E-state index is 12.0. The van der Waals surface area contributed by atoms with Crippen LogP contribution in [0.1, 0.15) is 25.8 Å². The first-order valence-electron chi connectivity index (χ1n) is 9.49. The molecule has 8 heteroatoms. The lowest BCUT2D eigenvalue weighted by molar-refractivity contribution is -0.147. The van der Waals surface area contributed by atoms with Crippen molar-refractivity contribution in [3.05, 3.63) is 48.0 Å². The second kappa shape index (κ2) is 10.8. The zero-order chi connectivity index (χ0) is 22.1. The van der Waals surface area contributed by atoms with Crippen molar-refractivity contribution in [3.63, 3.8) is 0 Å². The zero-order valence-electron chi connectivity index (χ0n) is 17.4. The molecular formula is C22H27N3O5. The van der Waals surface area contributed by atoms with Gasteiger partial charge in [-0.25, -0.2) is 0 Å². The van der Waals surface area contributed by atoms with Crippen molar-refractivity contribution >= 4 is 34.7 Å². The summed E-state index contributed by atoms with van der Waals surface area (Å²) in [5.41, 5.74) is 8.55. The normalized spacial score (nSPS) is 10.2. The highest BCUT2D eigenvalue weighted by molar-refractivity contribution is 5.94. The van der Waals surface area contributed by atoms with Crippen LogP contribution >= 0.6 is 0 Å². The molecule has 0 atom stereocenters. The molecule has 0 aromatic heterocycles. The predicted molar refractivity (Wildman–Crippen MR) is 115 cm³/mol. The number of carbonyl (C=O) groups excluding carboxylic acids is 3. The fourth-order valence-electron chi connectivity index (χ4n) is 2.86. The van der Waals surface area contributed by atoms with E-state index in [9.17, 15) is 14.4 Å². The van der Waals surface area contributed by atoms with Crippen LogP contribution in [0.5, 0.6) is 5.75 Å². The van der Waals surface area contributed by atoms with Crippen LogP contribution < -0.4 is 20.7 Å². The lowest BCUT2D eigenvalue weighted by atomic mass is 10.1. The first-order chi connectivity index (χ1) is 14.3. The summed E-state index contributed by atoms with van der Waals surface area (Å²) in [4.78, 5) is 36.6. The van der Waals surface area contributed by atoms with Gasteiger partial charge in [-0.3, -0.25) is 14.4 Å². The summed E-state index contributed by atoms with van der Waals surface area (Å²) in [6.45, 7) is 3.31. The van der Waals surface area contributed by atoms with Gasteiger partial charge < -0.3 is 25.4 Å². The monoisotopic (exact) mass is 413 g/mol. The zero-order valence-corrected chi connectivity index (χ0v) is 17.4. The van der Waals surface area contributed by atoms with Gasteiger partial charge in [-0.1, -0.05) is 30.3 Å². The Labute approximate surface area is 175 Å². The van der Waals surface area contributed by atoms with E-state index >= 15 is 0 Å². The molecule has 2 aromatic carbocycles. The second-order valence-corrected chi connectivity index (χ2v) is 6.81. The number of benzene rings is 2. The van der Waals surface area contributed by atoms with Crippen molar-refractivity contribution in [2.45, 2.75) is 26.8 Å². The Morgan fingerprint density at radius 2 is 1.80 bits per heavy atom. The minimum atomic E-state index is -0.472. The Morgan fingerprint density at radius 3 is 2.40 bits per heavy atom. The minimum absolute atomic E-state index is 0.0725. The second-order valence-electron chi connectivity index (χ2n) is 6.81. The van der Waals surface area contributed by atoms with E-state index < -0.39 is 5.97 Å². The maximum Gasteiger partial charge on any atom is 0.308 e. The fourth-order valence-corrected chi connectivity index (χ4v) is 2.86. The highest BCUT2D eigenvalue weighted by atomic mass is 16.5. The Hall–Kier alpha value is -3.55. The van der Waals surface area contributed by atoms with E-state index in [0.29, 0.717) is 35.9 Å². The van der Waals surface area contributed by atoms with Crippen molar-refractivity contribution in [2.75, 3.05) is 36.2 Å². The van der Waals surface area contributed by atoms with Gasteiger partial charge in [0.25, 0.3) is 0 Å². The Kier molecular flexibility index (Phi) is 8.22. The number of rotatable bonds is 10. The molecule has 2 aromatic rings. The van der Waals surface area contributed by atoms with E-state index in [0.717, 1.165) is 5.56 Å². The van der Waals surface area contributed by atoms with Gasteiger partial charge >= 0.3 is 5.97 Å². The van der Waals surface area contributed by atoms with Gasteiger partial charge in [0.2, 0.25) is 5.91 Å². The number of nitrogens with zero attached hydrogens (tertiary/aromatic N) is 1. The molecule has 0 aliphatic heterocycles.